The number of likely N-dealkylation sites (N-methyl/N-ethyl adjacent to an activating group) is 1. The van der Waals surface area contributed by atoms with Crippen LogP contribution in [0.15, 0.2) is 42.6 Å². The molecular formula is C24H31N5O6S. The fourth-order valence-corrected chi connectivity index (χ4v) is 4.93. The highest BCUT2D eigenvalue weighted by Crippen LogP contribution is 2.32. The van der Waals surface area contributed by atoms with Crippen LogP contribution in [0.3, 0.4) is 0 Å². The quantitative estimate of drug-likeness (QED) is 0.586. The molecule has 0 atom stereocenters. The van der Waals surface area contributed by atoms with Gasteiger partial charge in [-0.2, -0.15) is 4.31 Å². The van der Waals surface area contributed by atoms with E-state index in [1.54, 1.807) is 47.3 Å². The third-order valence-corrected chi connectivity index (χ3v) is 7.54. The summed E-state index contributed by atoms with van der Waals surface area (Å²) in [6.45, 7) is 3.02. The number of pyridine rings is 1. The molecule has 36 heavy (non-hydrogen) atoms. The predicted molar refractivity (Wildman–Crippen MR) is 133 cm³/mol. The molecule has 0 spiro atoms. The van der Waals surface area contributed by atoms with Crippen LogP contribution in [0.2, 0.25) is 0 Å². The molecule has 0 N–H and O–H groups in total. The zero-order valence-electron chi connectivity index (χ0n) is 20.5. The van der Waals surface area contributed by atoms with Gasteiger partial charge in [0.1, 0.15) is 12.2 Å². The van der Waals surface area contributed by atoms with E-state index in [1.807, 2.05) is 17.0 Å². The fourth-order valence-electron chi connectivity index (χ4n) is 4.11. The van der Waals surface area contributed by atoms with E-state index in [0.717, 1.165) is 0 Å². The lowest BCUT2D eigenvalue weighted by Gasteiger charge is -2.34. The second kappa shape index (κ2) is 11.2. The molecule has 3 heterocycles. The number of ether oxygens (including phenoxy) is 2. The molecular weight excluding hydrogens is 486 g/mol. The molecule has 11 nitrogen and oxygen atoms in total. The number of benzene rings is 1. The first-order chi connectivity index (χ1) is 17.2. The summed E-state index contributed by atoms with van der Waals surface area (Å²) in [6.07, 6.45) is 2.75. The Kier molecular flexibility index (Phi) is 8.07. The lowest BCUT2D eigenvalue weighted by atomic mass is 10.2. The summed E-state index contributed by atoms with van der Waals surface area (Å²) < 4.78 is 36.9. The third-order valence-electron chi connectivity index (χ3n) is 6.24. The minimum atomic E-state index is -3.27. The molecule has 0 radical (unpaired) electrons. The summed E-state index contributed by atoms with van der Waals surface area (Å²) in [4.78, 5) is 35.7. The molecule has 1 aromatic heterocycles. The monoisotopic (exact) mass is 517 g/mol. The van der Waals surface area contributed by atoms with Crippen molar-refractivity contribution in [2.75, 3.05) is 72.3 Å². The molecule has 2 amide bonds. The highest BCUT2D eigenvalue weighted by Gasteiger charge is 2.27. The van der Waals surface area contributed by atoms with E-state index in [9.17, 15) is 18.0 Å². The first kappa shape index (κ1) is 25.9. The van der Waals surface area contributed by atoms with Crippen molar-refractivity contribution in [3.8, 4) is 17.4 Å². The Hall–Kier alpha value is -3.22. The molecule has 2 aliphatic heterocycles. The number of carbonyl (C=O) groups is 2. The SMILES string of the molecule is CN1CCN(CC(=O)N2CCN(S(C)(=O)=O)CC2)CCOc2ccccc2Oc2ncccc2C1=O. The first-order valence-corrected chi connectivity index (χ1v) is 13.6. The van der Waals surface area contributed by atoms with Crippen molar-refractivity contribution in [2.45, 2.75) is 0 Å². The van der Waals surface area contributed by atoms with Gasteiger partial charge in [0, 0.05) is 59.1 Å². The van der Waals surface area contributed by atoms with E-state index < -0.39 is 10.0 Å². The summed E-state index contributed by atoms with van der Waals surface area (Å²) in [5, 5.41) is 0. The van der Waals surface area contributed by atoms with E-state index in [-0.39, 0.29) is 37.3 Å². The molecule has 194 valence electrons. The average Bonchev–Trinajstić information content (AvgIpc) is 2.87. The van der Waals surface area contributed by atoms with Crippen molar-refractivity contribution in [3.05, 3.63) is 48.2 Å². The molecule has 2 aromatic rings. The van der Waals surface area contributed by atoms with Gasteiger partial charge >= 0.3 is 0 Å². The Morgan fingerprint density at radius 2 is 1.69 bits per heavy atom. The predicted octanol–water partition coefficient (Wildman–Crippen LogP) is 0.744. The fraction of sp³-hybridized carbons (Fsp3) is 0.458. The van der Waals surface area contributed by atoms with Crippen molar-refractivity contribution in [1.82, 2.24) is 24.0 Å². The Morgan fingerprint density at radius 3 is 2.42 bits per heavy atom. The molecule has 0 aliphatic carbocycles. The van der Waals surface area contributed by atoms with Crippen molar-refractivity contribution >= 4 is 21.8 Å². The number of carbonyl (C=O) groups excluding carboxylic acids is 2. The topological polar surface area (TPSA) is 113 Å². The van der Waals surface area contributed by atoms with Crippen LogP contribution in [0.25, 0.3) is 0 Å². The molecule has 4 rings (SSSR count). The van der Waals surface area contributed by atoms with Gasteiger partial charge in [-0.25, -0.2) is 13.4 Å². The number of fused-ring (bicyclic) bond motifs is 2. The van der Waals surface area contributed by atoms with Crippen LogP contribution < -0.4 is 9.47 Å². The number of rotatable bonds is 3. The molecule has 1 aromatic carbocycles. The maximum atomic E-state index is 13.2. The van der Waals surface area contributed by atoms with Crippen LogP contribution in [0.4, 0.5) is 0 Å². The lowest BCUT2D eigenvalue weighted by molar-refractivity contribution is -0.133. The van der Waals surface area contributed by atoms with Gasteiger partial charge in [0.15, 0.2) is 11.5 Å². The lowest BCUT2D eigenvalue weighted by Crippen LogP contribution is -2.53. The Labute approximate surface area is 211 Å². The molecule has 0 saturated carbocycles. The van der Waals surface area contributed by atoms with E-state index in [4.69, 9.17) is 9.47 Å². The van der Waals surface area contributed by atoms with Gasteiger partial charge in [0.25, 0.3) is 5.91 Å². The second-order valence-electron chi connectivity index (χ2n) is 8.80. The number of hydrogen-bond donors (Lipinski definition) is 0. The van der Waals surface area contributed by atoms with Crippen LogP contribution in [-0.2, 0) is 14.8 Å². The van der Waals surface area contributed by atoms with E-state index in [0.29, 0.717) is 56.4 Å². The number of sulfonamides is 1. The largest absolute Gasteiger partial charge is 0.488 e. The first-order valence-electron chi connectivity index (χ1n) is 11.8. The van der Waals surface area contributed by atoms with Crippen molar-refractivity contribution in [1.29, 1.82) is 0 Å². The van der Waals surface area contributed by atoms with Crippen LogP contribution >= 0.6 is 0 Å². The molecule has 0 unspecified atom stereocenters. The standard InChI is InChI=1S/C24H31N5O6S/c1-26-10-11-27(18-22(30)28-12-14-29(15-13-28)36(2,32)33)16-17-34-20-7-3-4-8-21(20)35-23-19(24(26)31)6-5-9-25-23/h3-9H,10-18H2,1-2H3. The summed E-state index contributed by atoms with van der Waals surface area (Å²) in [6, 6.07) is 10.5. The van der Waals surface area contributed by atoms with Gasteiger partial charge < -0.3 is 19.3 Å². The summed E-state index contributed by atoms with van der Waals surface area (Å²) in [7, 11) is -1.57. The Bertz CT molecular complexity index is 1200. The van der Waals surface area contributed by atoms with E-state index in [2.05, 4.69) is 4.98 Å². The minimum Gasteiger partial charge on any atom is -0.488 e. The second-order valence-corrected chi connectivity index (χ2v) is 10.8. The summed E-state index contributed by atoms with van der Waals surface area (Å²) in [5.41, 5.74) is 0.334. The zero-order valence-corrected chi connectivity index (χ0v) is 21.3. The highest BCUT2D eigenvalue weighted by atomic mass is 32.2. The van der Waals surface area contributed by atoms with Gasteiger partial charge in [-0.3, -0.25) is 14.5 Å². The number of para-hydroxylation sites is 2. The molecule has 0 bridgehead atoms. The van der Waals surface area contributed by atoms with Crippen LogP contribution in [-0.4, -0.2) is 116 Å². The summed E-state index contributed by atoms with van der Waals surface area (Å²) >= 11 is 0. The number of aromatic nitrogens is 1. The van der Waals surface area contributed by atoms with Gasteiger partial charge in [-0.15, -0.1) is 0 Å². The van der Waals surface area contributed by atoms with Crippen molar-refractivity contribution < 1.29 is 27.5 Å². The third kappa shape index (κ3) is 6.31. The number of nitrogens with zero attached hydrogens (tertiary/aromatic N) is 5. The average molecular weight is 518 g/mol. The molecule has 1 saturated heterocycles. The van der Waals surface area contributed by atoms with Gasteiger partial charge in [0.2, 0.25) is 21.8 Å². The maximum Gasteiger partial charge on any atom is 0.259 e. The number of piperazine rings is 1. The number of hydrogen-bond acceptors (Lipinski definition) is 8. The normalized spacial score (nSPS) is 18.6. The Morgan fingerprint density at radius 1 is 0.972 bits per heavy atom. The van der Waals surface area contributed by atoms with E-state index >= 15 is 0 Å². The highest BCUT2D eigenvalue weighted by molar-refractivity contribution is 7.88. The minimum absolute atomic E-state index is 0.0836. The summed E-state index contributed by atoms with van der Waals surface area (Å²) in [5.74, 6) is 0.833. The maximum absolute atomic E-state index is 13.2. The zero-order chi connectivity index (χ0) is 25.7. The number of amides is 2. The van der Waals surface area contributed by atoms with Gasteiger partial charge in [-0.05, 0) is 24.3 Å². The Balaban J connectivity index is 1.48. The molecule has 2 aliphatic rings. The van der Waals surface area contributed by atoms with Gasteiger partial charge in [-0.1, -0.05) is 12.1 Å². The van der Waals surface area contributed by atoms with Crippen LogP contribution in [0, 0.1) is 0 Å². The van der Waals surface area contributed by atoms with Crippen LogP contribution in [0.5, 0.6) is 17.4 Å². The smallest absolute Gasteiger partial charge is 0.259 e. The van der Waals surface area contributed by atoms with Crippen molar-refractivity contribution in [3.63, 3.8) is 0 Å². The van der Waals surface area contributed by atoms with Crippen molar-refractivity contribution in [2.24, 2.45) is 0 Å². The molecule has 1 fully saturated rings. The van der Waals surface area contributed by atoms with E-state index in [1.165, 1.54) is 10.6 Å². The van der Waals surface area contributed by atoms with Crippen LogP contribution in [0.1, 0.15) is 10.4 Å². The molecule has 12 heteroatoms. The van der Waals surface area contributed by atoms with Gasteiger partial charge in [0.05, 0.1) is 12.8 Å².